The molecule has 0 amide bonds. The maximum absolute atomic E-state index is 8.71. The molecule has 0 aliphatic carbocycles. The highest BCUT2D eigenvalue weighted by Crippen LogP contribution is 2.29. The quantitative estimate of drug-likeness (QED) is 0.883. The molecule has 0 fully saturated rings. The Labute approximate surface area is 111 Å². The molecular formula is C13H15N5O. The number of hydrogen-bond donors (Lipinski definition) is 1. The Morgan fingerprint density at radius 1 is 1.37 bits per heavy atom. The maximum atomic E-state index is 8.71. The van der Waals surface area contributed by atoms with Crippen LogP contribution in [0.1, 0.15) is 38.2 Å². The summed E-state index contributed by atoms with van der Waals surface area (Å²) in [6.45, 7) is 6.02. The molecule has 2 heterocycles. The zero-order valence-corrected chi connectivity index (χ0v) is 11.1. The summed E-state index contributed by atoms with van der Waals surface area (Å²) in [6.07, 6.45) is 1.46. The summed E-state index contributed by atoms with van der Waals surface area (Å²) in [6, 6.07) is 5.00. The average Bonchev–Trinajstić information content (AvgIpc) is 2.86. The van der Waals surface area contributed by atoms with Crippen molar-refractivity contribution >= 4 is 0 Å². The van der Waals surface area contributed by atoms with E-state index in [9.17, 15) is 0 Å². The van der Waals surface area contributed by atoms with Crippen molar-refractivity contribution in [2.45, 2.75) is 26.8 Å². The number of aromatic nitrogens is 3. The van der Waals surface area contributed by atoms with E-state index in [0.29, 0.717) is 23.0 Å². The predicted octanol–water partition coefficient (Wildman–Crippen LogP) is 2.05. The summed E-state index contributed by atoms with van der Waals surface area (Å²) in [5.41, 5.74) is 6.92. The maximum Gasteiger partial charge on any atom is 0.276 e. The van der Waals surface area contributed by atoms with Gasteiger partial charge in [0.2, 0.25) is 0 Å². The minimum Gasteiger partial charge on any atom is -0.332 e. The van der Waals surface area contributed by atoms with E-state index in [1.54, 1.807) is 12.1 Å². The summed E-state index contributed by atoms with van der Waals surface area (Å²) < 4.78 is 5.15. The van der Waals surface area contributed by atoms with Crippen molar-refractivity contribution < 1.29 is 4.52 Å². The monoisotopic (exact) mass is 257 g/mol. The SMILES string of the molecule is CC(C)(C)C(N)c1noc(-c2ccc(C#N)cn2)n1. The third kappa shape index (κ3) is 2.77. The Morgan fingerprint density at radius 2 is 2.11 bits per heavy atom. The Hall–Kier alpha value is -2.26. The van der Waals surface area contributed by atoms with Crippen LogP contribution in [0, 0.1) is 16.7 Å². The van der Waals surface area contributed by atoms with E-state index >= 15 is 0 Å². The number of nitrogens with zero attached hydrogens (tertiary/aromatic N) is 4. The van der Waals surface area contributed by atoms with Crippen molar-refractivity contribution in [2.75, 3.05) is 0 Å². The van der Waals surface area contributed by atoms with Gasteiger partial charge in [-0.3, -0.25) is 0 Å². The van der Waals surface area contributed by atoms with Crippen LogP contribution in [0.15, 0.2) is 22.9 Å². The van der Waals surface area contributed by atoms with Crippen LogP contribution in [0.25, 0.3) is 11.6 Å². The first-order valence-corrected chi connectivity index (χ1v) is 5.87. The molecule has 6 nitrogen and oxygen atoms in total. The number of rotatable bonds is 2. The normalized spacial score (nSPS) is 13.0. The molecule has 98 valence electrons. The number of pyridine rings is 1. The fourth-order valence-corrected chi connectivity index (χ4v) is 1.44. The van der Waals surface area contributed by atoms with Crippen LogP contribution in [-0.4, -0.2) is 15.1 Å². The Kier molecular flexibility index (Phi) is 3.32. The van der Waals surface area contributed by atoms with Gasteiger partial charge in [0.05, 0.1) is 11.6 Å². The molecule has 1 unspecified atom stereocenters. The Balaban J connectivity index is 2.28. The van der Waals surface area contributed by atoms with Crippen molar-refractivity contribution in [3.05, 3.63) is 29.7 Å². The largest absolute Gasteiger partial charge is 0.332 e. The van der Waals surface area contributed by atoms with Crippen LogP contribution >= 0.6 is 0 Å². The molecule has 2 rings (SSSR count). The standard InChI is InChI=1S/C13H15N5O/c1-13(2,3)10(15)11-17-12(19-18-11)9-5-4-8(6-14)7-16-9/h4-5,7,10H,15H2,1-3H3. The molecule has 0 aliphatic heterocycles. The molecule has 2 aromatic rings. The van der Waals surface area contributed by atoms with Gasteiger partial charge in [0, 0.05) is 6.20 Å². The first-order chi connectivity index (χ1) is 8.91. The van der Waals surface area contributed by atoms with E-state index in [1.807, 2.05) is 26.8 Å². The van der Waals surface area contributed by atoms with Crippen molar-refractivity contribution in [1.82, 2.24) is 15.1 Å². The molecule has 1 atom stereocenters. The third-order valence-corrected chi connectivity index (χ3v) is 2.76. The van der Waals surface area contributed by atoms with Crippen molar-refractivity contribution in [3.8, 4) is 17.7 Å². The van der Waals surface area contributed by atoms with E-state index in [-0.39, 0.29) is 11.5 Å². The van der Waals surface area contributed by atoms with Gasteiger partial charge in [-0.2, -0.15) is 10.2 Å². The summed E-state index contributed by atoms with van der Waals surface area (Å²) >= 11 is 0. The van der Waals surface area contributed by atoms with Crippen LogP contribution in [0.3, 0.4) is 0 Å². The zero-order chi connectivity index (χ0) is 14.0. The predicted molar refractivity (Wildman–Crippen MR) is 68.6 cm³/mol. The van der Waals surface area contributed by atoms with Gasteiger partial charge in [0.15, 0.2) is 5.82 Å². The molecule has 2 N–H and O–H groups in total. The molecule has 0 aromatic carbocycles. The van der Waals surface area contributed by atoms with Crippen molar-refractivity contribution in [2.24, 2.45) is 11.1 Å². The van der Waals surface area contributed by atoms with Gasteiger partial charge in [-0.05, 0) is 17.5 Å². The topological polar surface area (TPSA) is 102 Å². The summed E-state index contributed by atoms with van der Waals surface area (Å²) in [5.74, 6) is 0.757. The highest BCUT2D eigenvalue weighted by Gasteiger charge is 2.27. The van der Waals surface area contributed by atoms with Crippen LogP contribution in [-0.2, 0) is 0 Å². The van der Waals surface area contributed by atoms with Crippen LogP contribution in [0.5, 0.6) is 0 Å². The molecule has 6 heteroatoms. The molecule has 0 radical (unpaired) electrons. The second-order valence-electron chi connectivity index (χ2n) is 5.35. The molecule has 19 heavy (non-hydrogen) atoms. The third-order valence-electron chi connectivity index (χ3n) is 2.76. The molecule has 0 spiro atoms. The van der Waals surface area contributed by atoms with E-state index in [2.05, 4.69) is 15.1 Å². The summed E-state index contributed by atoms with van der Waals surface area (Å²) in [5, 5.41) is 12.6. The van der Waals surface area contributed by atoms with Gasteiger partial charge < -0.3 is 10.3 Å². The molecule has 0 bridgehead atoms. The fourth-order valence-electron chi connectivity index (χ4n) is 1.44. The molecule has 2 aromatic heterocycles. The summed E-state index contributed by atoms with van der Waals surface area (Å²) in [4.78, 5) is 8.35. The van der Waals surface area contributed by atoms with Crippen LogP contribution in [0.2, 0.25) is 0 Å². The first-order valence-electron chi connectivity index (χ1n) is 5.87. The van der Waals surface area contributed by atoms with Gasteiger partial charge in [0.1, 0.15) is 11.8 Å². The van der Waals surface area contributed by atoms with E-state index in [1.165, 1.54) is 6.20 Å². The molecule has 0 aliphatic rings. The van der Waals surface area contributed by atoms with Crippen LogP contribution in [0.4, 0.5) is 0 Å². The van der Waals surface area contributed by atoms with Gasteiger partial charge in [-0.25, -0.2) is 4.98 Å². The Bertz CT molecular complexity index is 603. The van der Waals surface area contributed by atoms with Crippen molar-refractivity contribution in [3.63, 3.8) is 0 Å². The minimum absolute atomic E-state index is 0.154. The van der Waals surface area contributed by atoms with Gasteiger partial charge in [-0.1, -0.05) is 25.9 Å². The zero-order valence-electron chi connectivity index (χ0n) is 11.1. The molecular weight excluding hydrogens is 242 g/mol. The second kappa shape index (κ2) is 4.78. The van der Waals surface area contributed by atoms with E-state index in [0.717, 1.165) is 0 Å². The average molecular weight is 257 g/mol. The lowest BCUT2D eigenvalue weighted by Crippen LogP contribution is -2.27. The highest BCUT2D eigenvalue weighted by atomic mass is 16.5. The van der Waals surface area contributed by atoms with E-state index < -0.39 is 0 Å². The second-order valence-corrected chi connectivity index (χ2v) is 5.35. The van der Waals surface area contributed by atoms with Gasteiger partial charge in [-0.15, -0.1) is 0 Å². The lowest BCUT2D eigenvalue weighted by molar-refractivity contribution is 0.303. The fraction of sp³-hybridized carbons (Fsp3) is 0.385. The lowest BCUT2D eigenvalue weighted by Gasteiger charge is -2.23. The summed E-state index contributed by atoms with van der Waals surface area (Å²) in [7, 11) is 0. The van der Waals surface area contributed by atoms with Gasteiger partial charge in [0.25, 0.3) is 5.89 Å². The smallest absolute Gasteiger partial charge is 0.276 e. The molecule has 0 saturated heterocycles. The van der Waals surface area contributed by atoms with E-state index in [4.69, 9.17) is 15.5 Å². The first kappa shape index (κ1) is 13.2. The number of hydrogen-bond acceptors (Lipinski definition) is 6. The number of nitriles is 1. The van der Waals surface area contributed by atoms with Crippen molar-refractivity contribution in [1.29, 1.82) is 5.26 Å². The van der Waals surface area contributed by atoms with Crippen LogP contribution < -0.4 is 5.73 Å². The molecule has 0 saturated carbocycles. The minimum atomic E-state index is -0.316. The lowest BCUT2D eigenvalue weighted by atomic mass is 9.87. The van der Waals surface area contributed by atoms with Gasteiger partial charge >= 0.3 is 0 Å². The number of nitrogens with two attached hydrogens (primary N) is 1. The Morgan fingerprint density at radius 3 is 2.63 bits per heavy atom. The highest BCUT2D eigenvalue weighted by molar-refractivity contribution is 5.47.